The molecule has 0 unspecified atom stereocenters. The highest BCUT2D eigenvalue weighted by Gasteiger charge is 2.17. The Kier molecular flexibility index (Phi) is 5.93. The molecule has 2 heterocycles. The van der Waals surface area contributed by atoms with Crippen LogP contribution in [0.4, 0.5) is 0 Å². The first kappa shape index (κ1) is 21.2. The van der Waals surface area contributed by atoms with Crippen LogP contribution in [-0.2, 0) is 24.4 Å². The molecule has 2 aromatic carbocycles. The first-order chi connectivity index (χ1) is 15.5. The minimum Gasteiger partial charge on any atom is -0.350 e. The Balaban J connectivity index is 1.66. The van der Waals surface area contributed by atoms with Crippen molar-refractivity contribution in [1.82, 2.24) is 24.4 Å². The molecule has 0 spiro atoms. The number of hydrogen-bond acceptors (Lipinski definition) is 5. The van der Waals surface area contributed by atoms with Crippen molar-refractivity contribution in [1.29, 1.82) is 0 Å². The molecule has 0 radical (unpaired) electrons. The fourth-order valence-corrected chi connectivity index (χ4v) is 3.45. The fourth-order valence-electron chi connectivity index (χ4n) is 3.45. The maximum atomic E-state index is 13.0. The number of benzene rings is 2. The number of rotatable bonds is 6. The van der Waals surface area contributed by atoms with Crippen LogP contribution in [0.5, 0.6) is 0 Å². The van der Waals surface area contributed by atoms with Gasteiger partial charge in [0.25, 0.3) is 5.56 Å². The molecule has 1 N–H and O–H groups in total. The highest BCUT2D eigenvalue weighted by Crippen LogP contribution is 2.16. The van der Waals surface area contributed by atoms with Gasteiger partial charge in [0, 0.05) is 24.8 Å². The summed E-state index contributed by atoms with van der Waals surface area (Å²) in [4.78, 5) is 47.3. The van der Waals surface area contributed by atoms with Crippen molar-refractivity contribution in [3.8, 4) is 11.4 Å². The van der Waals surface area contributed by atoms with Crippen molar-refractivity contribution in [3.63, 3.8) is 0 Å². The average Bonchev–Trinajstić information content (AvgIpc) is 2.82. The summed E-state index contributed by atoms with van der Waals surface area (Å²) in [5, 5.41) is 2.95. The number of carbonyl (C=O) groups is 1. The number of hydrogen-bond donors (Lipinski definition) is 1. The smallest absolute Gasteiger partial charge is 0.333 e. The summed E-state index contributed by atoms with van der Waals surface area (Å²) in [6.45, 7) is 4.01. The van der Waals surface area contributed by atoms with Crippen LogP contribution >= 0.6 is 0 Å². The Morgan fingerprint density at radius 2 is 1.72 bits per heavy atom. The van der Waals surface area contributed by atoms with E-state index in [1.54, 1.807) is 6.92 Å². The average molecular weight is 429 g/mol. The monoisotopic (exact) mass is 429 g/mol. The standard InChI is InChI=1S/C24H23N5O3/c1-3-28-22-19(14-26-21(27-22)18-7-5-4-6-8-18)23(31)29(24(28)32)15-20(30)25-13-17-11-9-16(2)10-12-17/h4-12,14H,3,13,15H2,1-2H3,(H,25,30). The van der Waals surface area contributed by atoms with Crippen LogP contribution in [0, 0.1) is 6.92 Å². The molecule has 0 saturated carbocycles. The normalized spacial score (nSPS) is 10.9. The maximum Gasteiger partial charge on any atom is 0.333 e. The lowest BCUT2D eigenvalue weighted by Gasteiger charge is -2.13. The Morgan fingerprint density at radius 1 is 1.00 bits per heavy atom. The van der Waals surface area contributed by atoms with Crippen LogP contribution in [0.1, 0.15) is 18.1 Å². The van der Waals surface area contributed by atoms with Gasteiger partial charge in [-0.2, -0.15) is 0 Å². The molecule has 8 heteroatoms. The van der Waals surface area contributed by atoms with E-state index in [-0.39, 0.29) is 17.6 Å². The van der Waals surface area contributed by atoms with E-state index in [9.17, 15) is 14.4 Å². The molecule has 0 atom stereocenters. The van der Waals surface area contributed by atoms with E-state index in [4.69, 9.17) is 0 Å². The summed E-state index contributed by atoms with van der Waals surface area (Å²) in [5.41, 5.74) is 1.94. The number of carbonyl (C=O) groups excluding carboxylic acids is 1. The highest BCUT2D eigenvalue weighted by atomic mass is 16.2. The Hall–Kier alpha value is -4.07. The summed E-state index contributed by atoms with van der Waals surface area (Å²) < 4.78 is 2.32. The summed E-state index contributed by atoms with van der Waals surface area (Å²) >= 11 is 0. The molecule has 162 valence electrons. The molecular weight excluding hydrogens is 406 g/mol. The summed E-state index contributed by atoms with van der Waals surface area (Å²) in [6.07, 6.45) is 1.42. The molecule has 1 amide bonds. The van der Waals surface area contributed by atoms with Crippen molar-refractivity contribution >= 4 is 16.9 Å². The van der Waals surface area contributed by atoms with Gasteiger partial charge in [-0.1, -0.05) is 60.2 Å². The van der Waals surface area contributed by atoms with Gasteiger partial charge in [-0.25, -0.2) is 14.8 Å². The van der Waals surface area contributed by atoms with Crippen molar-refractivity contribution in [3.05, 3.63) is 92.8 Å². The summed E-state index contributed by atoms with van der Waals surface area (Å²) in [5.74, 6) is 0.00120. The second-order valence-electron chi connectivity index (χ2n) is 7.48. The third-order valence-electron chi connectivity index (χ3n) is 5.22. The van der Waals surface area contributed by atoms with Crippen LogP contribution < -0.4 is 16.6 Å². The van der Waals surface area contributed by atoms with Crippen LogP contribution in [-0.4, -0.2) is 25.0 Å². The van der Waals surface area contributed by atoms with Gasteiger partial charge in [0.2, 0.25) is 5.91 Å². The topological polar surface area (TPSA) is 98.9 Å². The second-order valence-corrected chi connectivity index (χ2v) is 7.48. The zero-order chi connectivity index (χ0) is 22.7. The Labute approximate surface area is 184 Å². The second kappa shape index (κ2) is 8.97. The lowest BCUT2D eigenvalue weighted by Crippen LogP contribution is -2.44. The van der Waals surface area contributed by atoms with Gasteiger partial charge in [0.1, 0.15) is 11.9 Å². The zero-order valence-corrected chi connectivity index (χ0v) is 17.9. The number of nitrogens with zero attached hydrogens (tertiary/aromatic N) is 4. The minimum absolute atomic E-state index is 0.192. The van der Waals surface area contributed by atoms with E-state index in [1.165, 1.54) is 10.8 Å². The molecule has 32 heavy (non-hydrogen) atoms. The van der Waals surface area contributed by atoms with Crippen LogP contribution in [0.2, 0.25) is 0 Å². The number of fused-ring (bicyclic) bond motifs is 1. The predicted octanol–water partition coefficient (Wildman–Crippen LogP) is 2.26. The van der Waals surface area contributed by atoms with Crippen molar-refractivity contribution in [2.24, 2.45) is 0 Å². The van der Waals surface area contributed by atoms with Gasteiger partial charge in [-0.15, -0.1) is 0 Å². The van der Waals surface area contributed by atoms with E-state index in [2.05, 4.69) is 15.3 Å². The SMILES string of the molecule is CCn1c(=O)n(CC(=O)NCc2ccc(C)cc2)c(=O)c2cnc(-c3ccccc3)nc21. The number of nitrogens with one attached hydrogen (secondary N) is 1. The molecule has 0 aliphatic carbocycles. The lowest BCUT2D eigenvalue weighted by atomic mass is 10.1. The largest absolute Gasteiger partial charge is 0.350 e. The van der Waals surface area contributed by atoms with Crippen LogP contribution in [0.25, 0.3) is 22.4 Å². The maximum absolute atomic E-state index is 13.0. The predicted molar refractivity (Wildman–Crippen MR) is 122 cm³/mol. The van der Waals surface area contributed by atoms with E-state index < -0.39 is 17.2 Å². The number of amides is 1. The number of aryl methyl sites for hydroxylation is 2. The van der Waals surface area contributed by atoms with E-state index in [0.29, 0.717) is 18.9 Å². The number of aromatic nitrogens is 4. The molecule has 0 bridgehead atoms. The molecule has 0 aliphatic heterocycles. The van der Waals surface area contributed by atoms with Gasteiger partial charge in [0.15, 0.2) is 11.5 Å². The van der Waals surface area contributed by atoms with E-state index in [0.717, 1.165) is 21.3 Å². The highest BCUT2D eigenvalue weighted by molar-refractivity contribution is 5.78. The van der Waals surface area contributed by atoms with Gasteiger partial charge < -0.3 is 5.32 Å². The van der Waals surface area contributed by atoms with Crippen molar-refractivity contribution in [2.75, 3.05) is 0 Å². The quantitative estimate of drug-likeness (QED) is 0.507. The molecule has 2 aromatic heterocycles. The summed E-state index contributed by atoms with van der Waals surface area (Å²) in [7, 11) is 0. The van der Waals surface area contributed by atoms with Crippen molar-refractivity contribution in [2.45, 2.75) is 33.5 Å². The lowest BCUT2D eigenvalue weighted by molar-refractivity contribution is -0.121. The first-order valence-corrected chi connectivity index (χ1v) is 10.4. The third kappa shape index (κ3) is 4.20. The molecule has 4 aromatic rings. The summed E-state index contributed by atoms with van der Waals surface area (Å²) in [6, 6.07) is 17.1. The van der Waals surface area contributed by atoms with E-state index in [1.807, 2.05) is 61.5 Å². The van der Waals surface area contributed by atoms with Gasteiger partial charge >= 0.3 is 5.69 Å². The Bertz CT molecular complexity index is 1390. The van der Waals surface area contributed by atoms with Gasteiger partial charge in [0.05, 0.1) is 0 Å². The molecule has 8 nitrogen and oxygen atoms in total. The molecule has 0 saturated heterocycles. The van der Waals surface area contributed by atoms with Crippen LogP contribution in [0.3, 0.4) is 0 Å². The van der Waals surface area contributed by atoms with Crippen LogP contribution in [0.15, 0.2) is 70.4 Å². The third-order valence-corrected chi connectivity index (χ3v) is 5.22. The molecule has 0 aliphatic rings. The first-order valence-electron chi connectivity index (χ1n) is 10.4. The van der Waals surface area contributed by atoms with Gasteiger partial charge in [-0.3, -0.25) is 18.7 Å². The molecule has 4 rings (SSSR count). The Morgan fingerprint density at radius 3 is 2.41 bits per heavy atom. The van der Waals surface area contributed by atoms with Gasteiger partial charge in [-0.05, 0) is 19.4 Å². The van der Waals surface area contributed by atoms with E-state index >= 15 is 0 Å². The minimum atomic E-state index is -0.584. The molecule has 0 fully saturated rings. The fraction of sp³-hybridized carbons (Fsp3) is 0.208. The zero-order valence-electron chi connectivity index (χ0n) is 17.9. The molecular formula is C24H23N5O3. The van der Waals surface area contributed by atoms with Crippen molar-refractivity contribution < 1.29 is 4.79 Å².